The molecule has 1 aromatic rings. The first-order valence-electron chi connectivity index (χ1n) is 12.0. The summed E-state index contributed by atoms with van der Waals surface area (Å²) in [5.74, 6) is -1.63. The van der Waals surface area contributed by atoms with Gasteiger partial charge in [0.1, 0.15) is 6.04 Å². The van der Waals surface area contributed by atoms with E-state index in [0.29, 0.717) is 5.69 Å². The number of rotatable bonds is 10. The lowest BCUT2D eigenvalue weighted by Gasteiger charge is -2.40. The molecule has 0 aliphatic carbocycles. The highest BCUT2D eigenvalue weighted by Crippen LogP contribution is 2.29. The van der Waals surface area contributed by atoms with Crippen LogP contribution in [-0.2, 0) is 19.8 Å². The largest absolute Gasteiger partial charge is 0.478 e. The van der Waals surface area contributed by atoms with Gasteiger partial charge < -0.3 is 26.4 Å². The topological polar surface area (TPSA) is 125 Å². The van der Waals surface area contributed by atoms with Gasteiger partial charge in [0.05, 0.1) is 12.1 Å². The van der Waals surface area contributed by atoms with E-state index in [1.807, 2.05) is 60.6 Å². The molecule has 2 amide bonds. The molecule has 8 nitrogen and oxygen atoms in total. The molecule has 0 spiro atoms. The minimum atomic E-state index is -1.03. The molecule has 0 radical (unpaired) electrons. The number of anilines is 1. The summed E-state index contributed by atoms with van der Waals surface area (Å²) in [6, 6.07) is 5.52. The van der Waals surface area contributed by atoms with Gasteiger partial charge in [0, 0.05) is 23.7 Å². The predicted octanol–water partition coefficient (Wildman–Crippen LogP) is 3.18. The average molecular weight is 489 g/mol. The molecule has 0 fully saturated rings. The Labute approximate surface area is 210 Å². The second-order valence-corrected chi connectivity index (χ2v) is 11.2. The van der Waals surface area contributed by atoms with Gasteiger partial charge in [-0.2, -0.15) is 0 Å². The van der Waals surface area contributed by atoms with E-state index in [-0.39, 0.29) is 23.3 Å². The van der Waals surface area contributed by atoms with Crippen LogP contribution < -0.4 is 16.4 Å². The second kappa shape index (κ2) is 11.7. The molecule has 0 saturated carbocycles. The summed E-state index contributed by atoms with van der Waals surface area (Å²) < 4.78 is 0. The zero-order chi connectivity index (χ0) is 27.3. The molecular weight excluding hydrogens is 444 g/mol. The van der Waals surface area contributed by atoms with Crippen LogP contribution in [0.2, 0.25) is 0 Å². The van der Waals surface area contributed by atoms with E-state index < -0.39 is 34.9 Å². The van der Waals surface area contributed by atoms with Crippen LogP contribution >= 0.6 is 0 Å². The molecule has 0 unspecified atom stereocenters. The van der Waals surface area contributed by atoms with Crippen LogP contribution in [0.15, 0.2) is 35.9 Å². The van der Waals surface area contributed by atoms with Gasteiger partial charge >= 0.3 is 5.97 Å². The summed E-state index contributed by atoms with van der Waals surface area (Å²) >= 11 is 0. The van der Waals surface area contributed by atoms with Gasteiger partial charge in [0.25, 0.3) is 0 Å². The van der Waals surface area contributed by atoms with Gasteiger partial charge in [-0.3, -0.25) is 9.59 Å². The zero-order valence-electron chi connectivity index (χ0n) is 22.9. The summed E-state index contributed by atoms with van der Waals surface area (Å²) in [6.45, 7) is 15.0. The highest BCUT2D eigenvalue weighted by Gasteiger charge is 2.41. The standard InChI is InChI=1S/C27H44N4O4/c1-16(2)20(15-17(3)25(34)35)31(10)24(33)22(26(4,5)6)30-23(32)21(29-9)27(7,8)18-11-13-19(28)14-12-18/h11-16,20-22,29H,28H2,1-10H3,(H,30,32)(H,34,35)/b17-15+/t20-,21+,22-/m1/s1. The highest BCUT2D eigenvalue weighted by atomic mass is 16.4. The van der Waals surface area contributed by atoms with Crippen molar-refractivity contribution in [1.29, 1.82) is 0 Å². The number of carboxylic acid groups (broad SMARTS) is 1. The Bertz CT molecular complexity index is 929. The summed E-state index contributed by atoms with van der Waals surface area (Å²) in [6.07, 6.45) is 1.59. The van der Waals surface area contributed by atoms with Crippen molar-refractivity contribution in [2.45, 2.75) is 78.9 Å². The minimum absolute atomic E-state index is 0.0240. The van der Waals surface area contributed by atoms with Crippen LogP contribution in [0.25, 0.3) is 0 Å². The lowest BCUT2D eigenvalue weighted by Crippen LogP contribution is -2.61. The molecular formula is C27H44N4O4. The third-order valence-electron chi connectivity index (χ3n) is 6.56. The van der Waals surface area contributed by atoms with E-state index in [2.05, 4.69) is 10.6 Å². The maximum Gasteiger partial charge on any atom is 0.331 e. The van der Waals surface area contributed by atoms with Crippen LogP contribution in [0, 0.1) is 11.3 Å². The first kappa shape index (κ1) is 30.2. The first-order valence-corrected chi connectivity index (χ1v) is 12.0. The quantitative estimate of drug-likeness (QED) is 0.296. The lowest BCUT2D eigenvalue weighted by atomic mass is 9.76. The van der Waals surface area contributed by atoms with E-state index in [0.717, 1.165) is 5.56 Å². The second-order valence-electron chi connectivity index (χ2n) is 11.2. The fourth-order valence-electron chi connectivity index (χ4n) is 4.20. The number of likely N-dealkylation sites (N-methyl/N-ethyl adjacent to an activating group) is 2. The number of nitrogens with two attached hydrogens (primary N) is 1. The van der Waals surface area contributed by atoms with Gasteiger partial charge in [-0.1, -0.05) is 66.7 Å². The monoisotopic (exact) mass is 488 g/mol. The number of nitrogens with zero attached hydrogens (tertiary/aromatic N) is 1. The van der Waals surface area contributed by atoms with Gasteiger partial charge in [-0.05, 0) is 43.0 Å². The normalized spacial score (nSPS) is 15.3. The van der Waals surface area contributed by atoms with Crippen molar-refractivity contribution in [2.75, 3.05) is 19.8 Å². The number of carboxylic acids is 1. The van der Waals surface area contributed by atoms with E-state index in [4.69, 9.17) is 5.73 Å². The number of nitrogen functional groups attached to an aromatic ring is 1. The molecule has 1 aromatic carbocycles. The van der Waals surface area contributed by atoms with Crippen LogP contribution in [0.1, 0.15) is 61.0 Å². The van der Waals surface area contributed by atoms with Crippen molar-refractivity contribution in [3.8, 4) is 0 Å². The van der Waals surface area contributed by atoms with Crippen molar-refractivity contribution < 1.29 is 19.5 Å². The van der Waals surface area contributed by atoms with Gasteiger partial charge in [0.15, 0.2) is 0 Å². The number of benzene rings is 1. The van der Waals surface area contributed by atoms with Crippen molar-refractivity contribution in [3.05, 3.63) is 41.5 Å². The van der Waals surface area contributed by atoms with Crippen LogP contribution in [0.3, 0.4) is 0 Å². The molecule has 1 rings (SSSR count). The van der Waals surface area contributed by atoms with E-state index in [9.17, 15) is 19.5 Å². The Morgan fingerprint density at radius 2 is 1.54 bits per heavy atom. The summed E-state index contributed by atoms with van der Waals surface area (Å²) in [5, 5.41) is 15.4. The van der Waals surface area contributed by atoms with E-state index in [1.165, 1.54) is 11.8 Å². The molecule has 5 N–H and O–H groups in total. The summed E-state index contributed by atoms with van der Waals surface area (Å²) in [7, 11) is 3.37. The fraction of sp³-hybridized carbons (Fsp3) is 0.593. The fourth-order valence-corrected chi connectivity index (χ4v) is 4.20. The van der Waals surface area contributed by atoms with Crippen LogP contribution in [0.4, 0.5) is 5.69 Å². The number of aliphatic carboxylic acids is 1. The Hall–Kier alpha value is -2.87. The van der Waals surface area contributed by atoms with Gasteiger partial charge in [0.2, 0.25) is 11.8 Å². The summed E-state index contributed by atoms with van der Waals surface area (Å²) in [5.41, 5.74) is 6.40. The maximum atomic E-state index is 13.7. The molecule has 8 heteroatoms. The molecule has 0 aliphatic heterocycles. The van der Waals surface area contributed by atoms with Crippen LogP contribution in [0.5, 0.6) is 0 Å². The minimum Gasteiger partial charge on any atom is -0.478 e. The number of nitrogens with one attached hydrogen (secondary N) is 2. The molecule has 0 aromatic heterocycles. The number of hydrogen-bond acceptors (Lipinski definition) is 5. The summed E-state index contributed by atoms with van der Waals surface area (Å²) in [4.78, 5) is 40.2. The lowest BCUT2D eigenvalue weighted by molar-refractivity contribution is -0.141. The van der Waals surface area contributed by atoms with Crippen molar-refractivity contribution in [3.63, 3.8) is 0 Å². The molecule has 196 valence electrons. The van der Waals surface area contributed by atoms with Crippen molar-refractivity contribution in [2.24, 2.45) is 11.3 Å². The number of hydrogen-bond donors (Lipinski definition) is 4. The number of amides is 2. The number of carbonyl (C=O) groups is 3. The molecule has 0 heterocycles. The maximum absolute atomic E-state index is 13.7. The highest BCUT2D eigenvalue weighted by molar-refractivity contribution is 5.91. The Morgan fingerprint density at radius 1 is 1.03 bits per heavy atom. The van der Waals surface area contributed by atoms with Crippen molar-refractivity contribution >= 4 is 23.5 Å². The average Bonchev–Trinajstić information content (AvgIpc) is 2.74. The zero-order valence-corrected chi connectivity index (χ0v) is 22.9. The van der Waals surface area contributed by atoms with Gasteiger partial charge in [-0.25, -0.2) is 4.79 Å². The Morgan fingerprint density at radius 3 is 1.94 bits per heavy atom. The SMILES string of the molecule is CN[C@@H](C(=O)N[C@H](C(=O)N(C)[C@H](/C=C(\C)C(=O)O)C(C)C)C(C)(C)C)C(C)(C)c1ccc(N)cc1. The van der Waals surface area contributed by atoms with Gasteiger partial charge in [-0.15, -0.1) is 0 Å². The third kappa shape index (κ3) is 7.56. The molecule has 0 aliphatic rings. The van der Waals surface area contributed by atoms with E-state index in [1.54, 1.807) is 32.3 Å². The third-order valence-corrected chi connectivity index (χ3v) is 6.56. The molecule has 0 bridgehead atoms. The van der Waals surface area contributed by atoms with Crippen molar-refractivity contribution in [1.82, 2.24) is 15.5 Å². The Kier molecular flexibility index (Phi) is 10.1. The predicted molar refractivity (Wildman–Crippen MR) is 141 cm³/mol. The smallest absolute Gasteiger partial charge is 0.331 e. The van der Waals surface area contributed by atoms with Crippen LogP contribution in [-0.4, -0.2) is 60.0 Å². The first-order chi connectivity index (χ1) is 15.9. The molecule has 0 saturated heterocycles. The molecule has 3 atom stereocenters. The van der Waals surface area contributed by atoms with E-state index >= 15 is 0 Å². The number of carbonyl (C=O) groups excluding carboxylic acids is 2. The Balaban J connectivity index is 3.30. The molecule has 35 heavy (non-hydrogen) atoms.